The van der Waals surface area contributed by atoms with E-state index in [0.29, 0.717) is 32.6 Å². The van der Waals surface area contributed by atoms with Crippen molar-refractivity contribution in [2.75, 3.05) is 38.5 Å². The number of halogens is 3. The average Bonchev–Trinajstić information content (AvgIpc) is 3.04. The first-order valence-corrected chi connectivity index (χ1v) is 10.4. The van der Waals surface area contributed by atoms with Gasteiger partial charge in [0.25, 0.3) is 0 Å². The van der Waals surface area contributed by atoms with E-state index >= 15 is 0 Å². The van der Waals surface area contributed by atoms with Gasteiger partial charge < -0.3 is 4.90 Å². The maximum absolute atomic E-state index is 12.6. The molecule has 152 valence electrons. The summed E-state index contributed by atoms with van der Waals surface area (Å²) >= 11 is 1.67. The van der Waals surface area contributed by atoms with Crippen LogP contribution in [-0.4, -0.2) is 60.4 Å². The van der Waals surface area contributed by atoms with Crippen LogP contribution in [0.3, 0.4) is 0 Å². The Labute approximate surface area is 164 Å². The van der Waals surface area contributed by atoms with Gasteiger partial charge in [-0.1, -0.05) is 13.0 Å². The topological polar surface area (TPSA) is 23.6 Å². The molecular formula is C20H29F3N2OS. The first-order chi connectivity index (χ1) is 12.7. The maximum atomic E-state index is 12.6. The highest BCUT2D eigenvalue weighted by molar-refractivity contribution is 7.99. The Hall–Kier alpha value is -1.21. The minimum absolute atomic E-state index is 0.104. The molecule has 0 bridgehead atoms. The molecule has 1 amide bonds. The minimum Gasteiger partial charge on any atom is -0.342 e. The molecule has 2 rings (SSSR count). The first kappa shape index (κ1) is 22.1. The van der Waals surface area contributed by atoms with Gasteiger partial charge in [-0.25, -0.2) is 0 Å². The summed E-state index contributed by atoms with van der Waals surface area (Å²) in [5, 5.41) is 0. The molecule has 0 unspecified atom stereocenters. The van der Waals surface area contributed by atoms with Crippen LogP contribution >= 0.6 is 11.8 Å². The molecule has 1 heterocycles. The van der Waals surface area contributed by atoms with E-state index in [1.807, 2.05) is 4.90 Å². The Morgan fingerprint density at radius 2 is 2.04 bits per heavy atom. The molecule has 1 aromatic rings. The number of likely N-dealkylation sites (tertiary alicyclic amines) is 1. The predicted molar refractivity (Wildman–Crippen MR) is 104 cm³/mol. The highest BCUT2D eigenvalue weighted by Gasteiger charge is 2.33. The van der Waals surface area contributed by atoms with Gasteiger partial charge in [-0.15, -0.1) is 11.8 Å². The van der Waals surface area contributed by atoms with Crippen LogP contribution in [0.1, 0.15) is 30.9 Å². The number of thioether (sulfide) groups is 1. The molecule has 7 heteroatoms. The number of rotatable bonds is 8. The second kappa shape index (κ2) is 9.82. The van der Waals surface area contributed by atoms with E-state index in [2.05, 4.69) is 32.0 Å². The van der Waals surface area contributed by atoms with Crippen LogP contribution in [-0.2, 0) is 4.79 Å². The number of hydrogen-bond acceptors (Lipinski definition) is 3. The molecule has 0 spiro atoms. The van der Waals surface area contributed by atoms with E-state index in [1.165, 1.54) is 16.0 Å². The van der Waals surface area contributed by atoms with Crippen LogP contribution in [0.5, 0.6) is 0 Å². The van der Waals surface area contributed by atoms with Crippen molar-refractivity contribution in [2.45, 2.75) is 44.7 Å². The Balaban J connectivity index is 1.74. The van der Waals surface area contributed by atoms with E-state index < -0.39 is 12.7 Å². The number of carbonyl (C=O) groups excluding carboxylic acids is 1. The highest BCUT2D eigenvalue weighted by Crippen LogP contribution is 2.24. The van der Waals surface area contributed by atoms with Crippen LogP contribution in [0.4, 0.5) is 13.2 Å². The van der Waals surface area contributed by atoms with Crippen LogP contribution in [0.15, 0.2) is 23.1 Å². The number of carbonyl (C=O) groups is 1. The predicted octanol–water partition coefficient (Wildman–Crippen LogP) is 4.52. The van der Waals surface area contributed by atoms with Crippen molar-refractivity contribution in [2.24, 2.45) is 5.92 Å². The molecule has 1 aliphatic heterocycles. The summed E-state index contributed by atoms with van der Waals surface area (Å²) < 4.78 is 37.8. The largest absolute Gasteiger partial charge is 0.401 e. The summed E-state index contributed by atoms with van der Waals surface area (Å²) in [4.78, 5) is 16.8. The second-order valence-corrected chi connectivity index (χ2v) is 8.45. The van der Waals surface area contributed by atoms with Gasteiger partial charge in [-0.05, 0) is 56.0 Å². The fraction of sp³-hybridized carbons (Fsp3) is 0.650. The van der Waals surface area contributed by atoms with Crippen LogP contribution in [0.25, 0.3) is 0 Å². The Bertz CT molecular complexity index is 636. The quantitative estimate of drug-likeness (QED) is 0.598. The number of benzene rings is 1. The third-order valence-corrected chi connectivity index (χ3v) is 6.06. The fourth-order valence-electron chi connectivity index (χ4n) is 3.35. The monoisotopic (exact) mass is 402 g/mol. The molecule has 1 atom stereocenters. The van der Waals surface area contributed by atoms with E-state index in [1.54, 1.807) is 18.7 Å². The molecule has 0 N–H and O–H groups in total. The Morgan fingerprint density at radius 1 is 1.30 bits per heavy atom. The van der Waals surface area contributed by atoms with E-state index in [4.69, 9.17) is 0 Å². The van der Waals surface area contributed by atoms with Crippen LogP contribution < -0.4 is 0 Å². The fourth-order valence-corrected chi connectivity index (χ4v) is 4.29. The summed E-state index contributed by atoms with van der Waals surface area (Å²) in [5.41, 5.74) is 2.50. The normalized spacial score (nSPS) is 17.7. The standard InChI is InChI=1S/C20H29F3N2OS/c1-4-24(14-20(21,22)23)12-17-7-9-25(13-17)19(26)8-10-27-18-6-5-15(2)16(3)11-18/h5-6,11,17H,4,7-10,12-14H2,1-3H3/t17-/m1/s1. The molecule has 0 aromatic heterocycles. The van der Waals surface area contributed by atoms with Crippen molar-refractivity contribution in [1.82, 2.24) is 9.80 Å². The summed E-state index contributed by atoms with van der Waals surface area (Å²) in [5.74, 6) is 0.953. The van der Waals surface area contributed by atoms with Gasteiger partial charge >= 0.3 is 6.18 Å². The lowest BCUT2D eigenvalue weighted by Crippen LogP contribution is -2.38. The molecule has 0 saturated carbocycles. The molecule has 1 aromatic carbocycles. The average molecular weight is 403 g/mol. The van der Waals surface area contributed by atoms with Gasteiger partial charge in [-0.2, -0.15) is 13.2 Å². The molecule has 1 fully saturated rings. The molecule has 27 heavy (non-hydrogen) atoms. The lowest BCUT2D eigenvalue weighted by atomic mass is 10.1. The van der Waals surface area contributed by atoms with Crippen molar-refractivity contribution in [3.8, 4) is 0 Å². The summed E-state index contributed by atoms with van der Waals surface area (Å²) in [6.45, 7) is 7.02. The SMILES string of the molecule is CCN(C[C@H]1CCN(C(=O)CCSc2ccc(C)c(C)c2)C1)CC(F)(F)F. The summed E-state index contributed by atoms with van der Waals surface area (Å²) in [6, 6.07) is 6.30. The van der Waals surface area contributed by atoms with Gasteiger partial charge in [0.2, 0.25) is 5.91 Å². The minimum atomic E-state index is -4.17. The molecule has 0 aliphatic carbocycles. The van der Waals surface area contributed by atoms with Crippen molar-refractivity contribution in [3.05, 3.63) is 29.3 Å². The first-order valence-electron chi connectivity index (χ1n) is 9.45. The molecule has 3 nitrogen and oxygen atoms in total. The summed E-state index contributed by atoms with van der Waals surface area (Å²) in [7, 11) is 0. The number of hydrogen-bond donors (Lipinski definition) is 0. The number of nitrogens with zero attached hydrogens (tertiary/aromatic N) is 2. The van der Waals surface area contributed by atoms with Crippen molar-refractivity contribution in [3.63, 3.8) is 0 Å². The zero-order valence-corrected chi connectivity index (χ0v) is 17.1. The number of alkyl halides is 3. The molecule has 0 radical (unpaired) electrons. The van der Waals surface area contributed by atoms with E-state index in [9.17, 15) is 18.0 Å². The Kier molecular flexibility index (Phi) is 8.04. The van der Waals surface area contributed by atoms with Gasteiger partial charge in [0.1, 0.15) is 0 Å². The van der Waals surface area contributed by atoms with E-state index in [0.717, 1.165) is 17.1 Å². The molecular weight excluding hydrogens is 373 g/mol. The van der Waals surface area contributed by atoms with Crippen LogP contribution in [0, 0.1) is 19.8 Å². The van der Waals surface area contributed by atoms with Crippen molar-refractivity contribution in [1.29, 1.82) is 0 Å². The van der Waals surface area contributed by atoms with Gasteiger partial charge in [0, 0.05) is 36.7 Å². The van der Waals surface area contributed by atoms with Crippen molar-refractivity contribution >= 4 is 17.7 Å². The molecule has 1 aliphatic rings. The van der Waals surface area contributed by atoms with Gasteiger partial charge in [0.15, 0.2) is 0 Å². The third-order valence-electron chi connectivity index (χ3n) is 5.07. The number of amides is 1. The maximum Gasteiger partial charge on any atom is 0.401 e. The second-order valence-electron chi connectivity index (χ2n) is 7.28. The summed E-state index contributed by atoms with van der Waals surface area (Å²) in [6.07, 6.45) is -2.93. The lowest BCUT2D eigenvalue weighted by molar-refractivity contribution is -0.146. The van der Waals surface area contributed by atoms with Gasteiger partial charge in [-0.3, -0.25) is 9.69 Å². The Morgan fingerprint density at radius 3 is 2.67 bits per heavy atom. The van der Waals surface area contributed by atoms with Crippen molar-refractivity contribution < 1.29 is 18.0 Å². The van der Waals surface area contributed by atoms with Crippen LogP contribution in [0.2, 0.25) is 0 Å². The highest BCUT2D eigenvalue weighted by atomic mass is 32.2. The number of aryl methyl sites for hydroxylation is 2. The lowest BCUT2D eigenvalue weighted by Gasteiger charge is -2.25. The van der Waals surface area contributed by atoms with Gasteiger partial charge in [0.05, 0.1) is 6.54 Å². The zero-order chi connectivity index (χ0) is 20.0. The third kappa shape index (κ3) is 7.37. The zero-order valence-electron chi connectivity index (χ0n) is 16.3. The smallest absolute Gasteiger partial charge is 0.342 e. The van der Waals surface area contributed by atoms with E-state index in [-0.39, 0.29) is 11.8 Å². The molecule has 1 saturated heterocycles.